The minimum absolute atomic E-state index is 0.0141. The average Bonchev–Trinajstić information content (AvgIpc) is 3.55. The minimum atomic E-state index is -3.86. The summed E-state index contributed by atoms with van der Waals surface area (Å²) >= 11 is 0. The second-order valence-corrected chi connectivity index (χ2v) is 8.41. The van der Waals surface area contributed by atoms with Crippen molar-refractivity contribution in [1.29, 1.82) is 0 Å². The average molecular weight is 418 g/mol. The molecule has 0 unspecified atom stereocenters. The molecule has 0 aromatic heterocycles. The van der Waals surface area contributed by atoms with Gasteiger partial charge in [-0.1, -0.05) is 30.3 Å². The molecule has 0 heterocycles. The predicted molar refractivity (Wildman–Crippen MR) is 105 cm³/mol. The zero-order chi connectivity index (χ0) is 21.0. The first-order valence-corrected chi connectivity index (χ1v) is 10.5. The van der Waals surface area contributed by atoms with E-state index in [0.29, 0.717) is 5.56 Å². The number of benzene rings is 2. The Kier molecular flexibility index (Phi) is 6.19. The maximum Gasteiger partial charge on any atom is 0.339 e. The van der Waals surface area contributed by atoms with Crippen LogP contribution in [0.4, 0.5) is 0 Å². The first kappa shape index (κ1) is 20.8. The van der Waals surface area contributed by atoms with E-state index in [4.69, 9.17) is 9.47 Å². The molecule has 0 spiro atoms. The zero-order valence-electron chi connectivity index (χ0n) is 16.0. The standard InChI is InChI=1S/C20H22N2O6S/c1-21-29(25,26)17-12-14(8-11-16(17)27-2)20(24)28-18(13-6-4-3-5-7-13)19(23)22-15-9-10-15/h3-8,11-12,15,18,21H,9-10H2,1-2H3,(H,22,23)/t18-/m0/s1. The van der Waals surface area contributed by atoms with Gasteiger partial charge in [0.1, 0.15) is 10.6 Å². The Labute approximate surface area is 169 Å². The number of methoxy groups -OCH3 is 1. The molecule has 0 bridgehead atoms. The highest BCUT2D eigenvalue weighted by atomic mass is 32.2. The van der Waals surface area contributed by atoms with Crippen molar-refractivity contribution in [3.63, 3.8) is 0 Å². The van der Waals surface area contributed by atoms with Crippen molar-refractivity contribution >= 4 is 21.9 Å². The normalized spacial score (nSPS) is 14.7. The molecule has 0 radical (unpaired) electrons. The Balaban J connectivity index is 1.89. The van der Waals surface area contributed by atoms with E-state index in [1.165, 1.54) is 26.3 Å². The summed E-state index contributed by atoms with van der Waals surface area (Å²) in [6.07, 6.45) is 0.645. The number of rotatable bonds is 8. The highest BCUT2D eigenvalue weighted by molar-refractivity contribution is 7.89. The van der Waals surface area contributed by atoms with Crippen molar-refractivity contribution in [2.75, 3.05) is 14.2 Å². The van der Waals surface area contributed by atoms with Crippen LogP contribution in [0.25, 0.3) is 0 Å². The lowest BCUT2D eigenvalue weighted by molar-refractivity contribution is -0.130. The summed E-state index contributed by atoms with van der Waals surface area (Å²) in [5.41, 5.74) is 0.510. The summed E-state index contributed by atoms with van der Waals surface area (Å²) in [5.74, 6) is -1.15. The first-order valence-electron chi connectivity index (χ1n) is 9.03. The second-order valence-electron chi connectivity index (χ2n) is 6.55. The predicted octanol–water partition coefficient (Wildman–Crippen LogP) is 1.78. The van der Waals surface area contributed by atoms with E-state index >= 15 is 0 Å². The summed E-state index contributed by atoms with van der Waals surface area (Å²) in [5, 5.41) is 2.83. The number of nitrogens with one attached hydrogen (secondary N) is 2. The van der Waals surface area contributed by atoms with Crippen LogP contribution in [0, 0.1) is 0 Å². The molecular weight excluding hydrogens is 396 g/mol. The number of ether oxygens (including phenoxy) is 2. The third kappa shape index (κ3) is 4.93. The first-order chi connectivity index (χ1) is 13.9. The molecule has 1 atom stereocenters. The Morgan fingerprint density at radius 3 is 2.38 bits per heavy atom. The molecule has 1 fully saturated rings. The van der Waals surface area contributed by atoms with E-state index in [1.807, 2.05) is 0 Å². The van der Waals surface area contributed by atoms with Crippen LogP contribution >= 0.6 is 0 Å². The lowest BCUT2D eigenvalue weighted by Gasteiger charge is -2.18. The van der Waals surface area contributed by atoms with Crippen molar-refractivity contribution in [3.05, 3.63) is 59.7 Å². The molecule has 0 saturated heterocycles. The highest BCUT2D eigenvalue weighted by Crippen LogP contribution is 2.27. The molecular formula is C20H22N2O6S. The van der Waals surface area contributed by atoms with Gasteiger partial charge in [0.2, 0.25) is 16.1 Å². The summed E-state index contributed by atoms with van der Waals surface area (Å²) in [6.45, 7) is 0. The van der Waals surface area contributed by atoms with Crippen molar-refractivity contribution in [2.24, 2.45) is 0 Å². The third-order valence-corrected chi connectivity index (χ3v) is 5.88. The lowest BCUT2D eigenvalue weighted by atomic mass is 10.1. The summed E-state index contributed by atoms with van der Waals surface area (Å²) < 4.78 is 37.2. The molecule has 0 aliphatic heterocycles. The van der Waals surface area contributed by atoms with Gasteiger partial charge in [-0.05, 0) is 38.1 Å². The number of esters is 1. The topological polar surface area (TPSA) is 111 Å². The Hall–Kier alpha value is -2.91. The van der Waals surface area contributed by atoms with Crippen LogP contribution in [-0.2, 0) is 19.6 Å². The van der Waals surface area contributed by atoms with Gasteiger partial charge in [0.25, 0.3) is 5.91 Å². The maximum atomic E-state index is 12.7. The van der Waals surface area contributed by atoms with Gasteiger partial charge in [0.05, 0.1) is 12.7 Å². The smallest absolute Gasteiger partial charge is 0.339 e. The van der Waals surface area contributed by atoms with Crippen LogP contribution in [0.1, 0.15) is 34.9 Å². The number of carbonyl (C=O) groups is 2. The van der Waals surface area contributed by atoms with Crippen molar-refractivity contribution in [2.45, 2.75) is 29.9 Å². The molecule has 8 nitrogen and oxygen atoms in total. The van der Waals surface area contributed by atoms with Gasteiger partial charge < -0.3 is 14.8 Å². The Morgan fingerprint density at radius 1 is 1.10 bits per heavy atom. The summed E-state index contributed by atoms with van der Waals surface area (Å²) in [7, 11) is -1.28. The van der Waals surface area contributed by atoms with Crippen LogP contribution < -0.4 is 14.8 Å². The van der Waals surface area contributed by atoms with Gasteiger partial charge in [-0.15, -0.1) is 0 Å². The highest BCUT2D eigenvalue weighted by Gasteiger charge is 2.31. The molecule has 154 valence electrons. The van der Waals surface area contributed by atoms with Crippen LogP contribution in [0.2, 0.25) is 0 Å². The van der Waals surface area contributed by atoms with Gasteiger partial charge in [-0.25, -0.2) is 17.9 Å². The van der Waals surface area contributed by atoms with E-state index in [1.54, 1.807) is 30.3 Å². The van der Waals surface area contributed by atoms with Crippen LogP contribution in [0.15, 0.2) is 53.4 Å². The molecule has 1 saturated carbocycles. The summed E-state index contributed by atoms with van der Waals surface area (Å²) in [4.78, 5) is 25.2. The molecule has 2 aromatic carbocycles. The van der Waals surface area contributed by atoms with Crippen molar-refractivity contribution in [3.8, 4) is 5.75 Å². The van der Waals surface area contributed by atoms with Gasteiger partial charge in [0, 0.05) is 11.6 Å². The van der Waals surface area contributed by atoms with Crippen molar-refractivity contribution < 1.29 is 27.5 Å². The number of sulfonamides is 1. The lowest BCUT2D eigenvalue weighted by Crippen LogP contribution is -2.33. The molecule has 1 amide bonds. The van der Waals surface area contributed by atoms with E-state index in [-0.39, 0.29) is 22.3 Å². The van der Waals surface area contributed by atoms with E-state index in [0.717, 1.165) is 18.9 Å². The number of carbonyl (C=O) groups excluding carboxylic acids is 2. The van der Waals surface area contributed by atoms with Crippen molar-refractivity contribution in [1.82, 2.24) is 10.0 Å². The third-order valence-electron chi connectivity index (χ3n) is 4.45. The molecule has 1 aliphatic carbocycles. The SMILES string of the molecule is CNS(=O)(=O)c1cc(C(=O)O[C@H](C(=O)NC2CC2)c2ccccc2)ccc1OC. The van der Waals surface area contributed by atoms with Crippen LogP contribution in [0.3, 0.4) is 0 Å². The largest absolute Gasteiger partial charge is 0.495 e. The molecule has 2 N–H and O–H groups in total. The Morgan fingerprint density at radius 2 is 1.79 bits per heavy atom. The van der Waals surface area contributed by atoms with E-state index in [2.05, 4.69) is 10.0 Å². The second kappa shape index (κ2) is 8.62. The van der Waals surface area contributed by atoms with Gasteiger partial charge in [0.15, 0.2) is 0 Å². The molecule has 29 heavy (non-hydrogen) atoms. The van der Waals surface area contributed by atoms with Crippen LogP contribution in [0.5, 0.6) is 5.75 Å². The van der Waals surface area contributed by atoms with Gasteiger partial charge >= 0.3 is 5.97 Å². The van der Waals surface area contributed by atoms with E-state index < -0.39 is 28.0 Å². The fourth-order valence-corrected chi connectivity index (χ4v) is 3.62. The number of hydrogen-bond donors (Lipinski definition) is 2. The number of amides is 1. The quantitative estimate of drug-likeness (QED) is 0.632. The van der Waals surface area contributed by atoms with Gasteiger partial charge in [-0.2, -0.15) is 0 Å². The zero-order valence-corrected chi connectivity index (χ0v) is 16.9. The van der Waals surface area contributed by atoms with Gasteiger partial charge in [-0.3, -0.25) is 4.79 Å². The minimum Gasteiger partial charge on any atom is -0.495 e. The number of hydrogen-bond acceptors (Lipinski definition) is 6. The molecule has 2 aromatic rings. The maximum absolute atomic E-state index is 12.7. The molecule has 9 heteroatoms. The fourth-order valence-electron chi connectivity index (χ4n) is 2.70. The molecule has 3 rings (SSSR count). The Bertz CT molecular complexity index is 1000. The van der Waals surface area contributed by atoms with Crippen LogP contribution in [-0.4, -0.2) is 40.5 Å². The van der Waals surface area contributed by atoms with E-state index in [9.17, 15) is 18.0 Å². The summed E-state index contributed by atoms with van der Waals surface area (Å²) in [6, 6.07) is 12.7. The monoisotopic (exact) mass is 418 g/mol. The fraction of sp³-hybridized carbons (Fsp3) is 0.300. The molecule has 1 aliphatic rings.